The second kappa shape index (κ2) is 4.81. The van der Waals surface area contributed by atoms with Crippen molar-refractivity contribution >= 4 is 17.7 Å². The number of rotatable bonds is 2. The third kappa shape index (κ3) is 2.03. The number of hydrogen-bond acceptors (Lipinski definition) is 2. The second-order valence-electron chi connectivity index (χ2n) is 5.52. The quantitative estimate of drug-likeness (QED) is 0.895. The minimum atomic E-state index is -0.925. The molecule has 5 nitrogen and oxygen atoms in total. The lowest BCUT2D eigenvalue weighted by Gasteiger charge is -2.20. The van der Waals surface area contributed by atoms with Crippen molar-refractivity contribution in [3.63, 3.8) is 0 Å². The number of fused-ring (bicyclic) bond motifs is 1. The molecule has 106 valence electrons. The Hall–Kier alpha value is -2.04. The van der Waals surface area contributed by atoms with Crippen molar-refractivity contribution in [3.8, 4) is 0 Å². The predicted molar refractivity (Wildman–Crippen MR) is 74.8 cm³/mol. The molecule has 0 aliphatic carbocycles. The Morgan fingerprint density at radius 1 is 1.25 bits per heavy atom. The van der Waals surface area contributed by atoms with E-state index in [4.69, 9.17) is 5.11 Å². The molecule has 0 aromatic heterocycles. The van der Waals surface area contributed by atoms with E-state index in [-0.39, 0.29) is 17.7 Å². The molecule has 2 aliphatic heterocycles. The standard InChI is InChI=1S/C15H18N2O3/c1-2-10-3-5-12(6-4-10)17-8-11-7-16(15(19)20)9-13(11)14(17)18/h3-6,11,13H,2,7-9H2,1H3,(H,19,20). The molecule has 2 amide bonds. The Bertz CT molecular complexity index is 541. The van der Waals surface area contributed by atoms with Gasteiger partial charge in [-0.15, -0.1) is 0 Å². The lowest BCUT2D eigenvalue weighted by molar-refractivity contribution is -0.120. The van der Waals surface area contributed by atoms with E-state index in [2.05, 4.69) is 6.92 Å². The molecule has 1 aromatic rings. The molecule has 2 fully saturated rings. The van der Waals surface area contributed by atoms with Crippen LogP contribution in [0.2, 0.25) is 0 Å². The van der Waals surface area contributed by atoms with Crippen LogP contribution in [-0.2, 0) is 11.2 Å². The lowest BCUT2D eigenvalue weighted by atomic mass is 10.0. The van der Waals surface area contributed by atoms with Crippen LogP contribution in [0.5, 0.6) is 0 Å². The van der Waals surface area contributed by atoms with Gasteiger partial charge in [-0.3, -0.25) is 4.79 Å². The molecule has 20 heavy (non-hydrogen) atoms. The first-order valence-electron chi connectivity index (χ1n) is 6.98. The van der Waals surface area contributed by atoms with E-state index in [1.807, 2.05) is 24.3 Å². The summed E-state index contributed by atoms with van der Waals surface area (Å²) in [5.74, 6) is 0.0180. The Morgan fingerprint density at radius 2 is 1.95 bits per heavy atom. The van der Waals surface area contributed by atoms with Gasteiger partial charge in [0.25, 0.3) is 0 Å². The summed E-state index contributed by atoms with van der Waals surface area (Å²) in [6, 6.07) is 8.04. The number of carboxylic acid groups (broad SMARTS) is 1. The molecule has 5 heteroatoms. The smallest absolute Gasteiger partial charge is 0.407 e. The van der Waals surface area contributed by atoms with Crippen LogP contribution in [0.25, 0.3) is 0 Å². The van der Waals surface area contributed by atoms with E-state index >= 15 is 0 Å². The van der Waals surface area contributed by atoms with Gasteiger partial charge in [0.05, 0.1) is 5.92 Å². The third-order valence-electron chi connectivity index (χ3n) is 4.37. The Morgan fingerprint density at radius 3 is 2.50 bits per heavy atom. The fraction of sp³-hybridized carbons (Fsp3) is 0.467. The number of nitrogens with zero attached hydrogens (tertiary/aromatic N) is 2. The first kappa shape index (κ1) is 13.0. The molecule has 2 saturated heterocycles. The van der Waals surface area contributed by atoms with Gasteiger partial charge in [0, 0.05) is 31.2 Å². The van der Waals surface area contributed by atoms with Crippen LogP contribution < -0.4 is 4.90 Å². The molecule has 0 radical (unpaired) electrons. The Balaban J connectivity index is 1.75. The second-order valence-corrected chi connectivity index (χ2v) is 5.52. The van der Waals surface area contributed by atoms with Gasteiger partial charge in [0.15, 0.2) is 0 Å². The van der Waals surface area contributed by atoms with Gasteiger partial charge in [0.1, 0.15) is 0 Å². The van der Waals surface area contributed by atoms with Crippen LogP contribution in [0, 0.1) is 11.8 Å². The summed E-state index contributed by atoms with van der Waals surface area (Å²) in [7, 11) is 0. The zero-order valence-electron chi connectivity index (χ0n) is 11.5. The summed E-state index contributed by atoms with van der Waals surface area (Å²) < 4.78 is 0. The SMILES string of the molecule is CCc1ccc(N2CC3CN(C(=O)O)CC3C2=O)cc1. The zero-order chi connectivity index (χ0) is 14.3. The van der Waals surface area contributed by atoms with Crippen LogP contribution in [0.15, 0.2) is 24.3 Å². The summed E-state index contributed by atoms with van der Waals surface area (Å²) >= 11 is 0. The molecule has 2 unspecified atom stereocenters. The summed E-state index contributed by atoms with van der Waals surface area (Å²) in [5, 5.41) is 9.00. The van der Waals surface area contributed by atoms with Gasteiger partial charge < -0.3 is 14.9 Å². The fourth-order valence-electron chi connectivity index (χ4n) is 3.16. The van der Waals surface area contributed by atoms with Gasteiger partial charge in [-0.1, -0.05) is 19.1 Å². The summed E-state index contributed by atoms with van der Waals surface area (Å²) in [6.07, 6.45) is 0.0543. The van der Waals surface area contributed by atoms with Crippen LogP contribution >= 0.6 is 0 Å². The number of benzene rings is 1. The maximum absolute atomic E-state index is 12.4. The normalized spacial score (nSPS) is 25.1. The monoisotopic (exact) mass is 274 g/mol. The molecule has 2 aliphatic rings. The molecule has 2 atom stereocenters. The topological polar surface area (TPSA) is 60.9 Å². The van der Waals surface area contributed by atoms with Gasteiger partial charge in [-0.2, -0.15) is 0 Å². The number of hydrogen-bond donors (Lipinski definition) is 1. The minimum absolute atomic E-state index is 0.0583. The highest BCUT2D eigenvalue weighted by Gasteiger charge is 2.47. The number of aryl methyl sites for hydroxylation is 1. The van der Waals surface area contributed by atoms with E-state index in [0.29, 0.717) is 19.6 Å². The van der Waals surface area contributed by atoms with Crippen molar-refractivity contribution in [2.75, 3.05) is 24.5 Å². The largest absolute Gasteiger partial charge is 0.465 e. The average molecular weight is 274 g/mol. The van der Waals surface area contributed by atoms with Crippen LogP contribution in [0.3, 0.4) is 0 Å². The summed E-state index contributed by atoms with van der Waals surface area (Å²) in [6.45, 7) is 3.53. The van der Waals surface area contributed by atoms with Crippen molar-refractivity contribution in [1.29, 1.82) is 0 Å². The third-order valence-corrected chi connectivity index (χ3v) is 4.37. The van der Waals surface area contributed by atoms with Crippen molar-refractivity contribution in [2.45, 2.75) is 13.3 Å². The van der Waals surface area contributed by atoms with Crippen LogP contribution in [-0.4, -0.2) is 41.6 Å². The highest BCUT2D eigenvalue weighted by Crippen LogP contribution is 2.35. The molecule has 2 heterocycles. The van der Waals surface area contributed by atoms with E-state index < -0.39 is 6.09 Å². The van der Waals surface area contributed by atoms with Gasteiger partial charge in [-0.25, -0.2) is 4.79 Å². The van der Waals surface area contributed by atoms with Crippen molar-refractivity contribution in [3.05, 3.63) is 29.8 Å². The van der Waals surface area contributed by atoms with E-state index in [9.17, 15) is 9.59 Å². The molecular weight excluding hydrogens is 256 g/mol. The van der Waals surface area contributed by atoms with Crippen LogP contribution in [0.1, 0.15) is 12.5 Å². The maximum atomic E-state index is 12.4. The van der Waals surface area contributed by atoms with Gasteiger partial charge in [0.2, 0.25) is 5.91 Å². The highest BCUT2D eigenvalue weighted by atomic mass is 16.4. The molecule has 1 aromatic carbocycles. The van der Waals surface area contributed by atoms with Crippen LogP contribution in [0.4, 0.5) is 10.5 Å². The fourth-order valence-corrected chi connectivity index (χ4v) is 3.16. The highest BCUT2D eigenvalue weighted by molar-refractivity contribution is 5.98. The number of anilines is 1. The first-order valence-corrected chi connectivity index (χ1v) is 6.98. The maximum Gasteiger partial charge on any atom is 0.407 e. The summed E-state index contributed by atoms with van der Waals surface area (Å²) in [4.78, 5) is 26.5. The van der Waals surface area contributed by atoms with Gasteiger partial charge >= 0.3 is 6.09 Å². The van der Waals surface area contributed by atoms with E-state index in [1.54, 1.807) is 4.90 Å². The number of carbonyl (C=O) groups excluding carboxylic acids is 1. The zero-order valence-corrected chi connectivity index (χ0v) is 11.5. The number of amides is 2. The van der Waals surface area contributed by atoms with Crippen molar-refractivity contribution in [2.24, 2.45) is 11.8 Å². The molecule has 1 N–H and O–H groups in total. The number of likely N-dealkylation sites (tertiary alicyclic amines) is 1. The Kier molecular flexibility index (Phi) is 3.12. The molecule has 3 rings (SSSR count). The lowest BCUT2D eigenvalue weighted by Crippen LogP contribution is -2.34. The molecule has 0 spiro atoms. The number of carbonyl (C=O) groups is 2. The molecule has 0 saturated carbocycles. The minimum Gasteiger partial charge on any atom is -0.465 e. The molecule has 0 bridgehead atoms. The van der Waals surface area contributed by atoms with E-state index in [0.717, 1.165) is 12.1 Å². The van der Waals surface area contributed by atoms with E-state index in [1.165, 1.54) is 10.5 Å². The average Bonchev–Trinajstić information content (AvgIpc) is 2.99. The Labute approximate surface area is 117 Å². The van der Waals surface area contributed by atoms with Crippen molar-refractivity contribution in [1.82, 2.24) is 4.90 Å². The first-order chi connectivity index (χ1) is 9.60. The summed E-state index contributed by atoms with van der Waals surface area (Å²) in [5.41, 5.74) is 2.17. The molecular formula is C15H18N2O3. The predicted octanol–water partition coefficient (Wildman–Crippen LogP) is 1.82. The van der Waals surface area contributed by atoms with Gasteiger partial charge in [-0.05, 0) is 24.1 Å². The van der Waals surface area contributed by atoms with Crippen molar-refractivity contribution < 1.29 is 14.7 Å².